The summed E-state index contributed by atoms with van der Waals surface area (Å²) in [5.41, 5.74) is 1.46. The molecule has 8 heteroatoms. The van der Waals surface area contributed by atoms with Crippen LogP contribution in [-0.4, -0.2) is 41.5 Å². The van der Waals surface area contributed by atoms with E-state index >= 15 is 0 Å². The van der Waals surface area contributed by atoms with Crippen molar-refractivity contribution in [1.29, 1.82) is 0 Å². The van der Waals surface area contributed by atoms with Gasteiger partial charge in [0.05, 0.1) is 21.3 Å². The van der Waals surface area contributed by atoms with Gasteiger partial charge in [0.25, 0.3) is 5.91 Å². The molecular formula is C19H24N2O5S. The highest BCUT2D eigenvalue weighted by Crippen LogP contribution is 2.19. The summed E-state index contributed by atoms with van der Waals surface area (Å²) >= 11 is 0. The van der Waals surface area contributed by atoms with Crippen LogP contribution in [0.15, 0.2) is 40.8 Å². The Balaban J connectivity index is 1.72. The maximum Gasteiger partial charge on any atom is 0.339 e. The summed E-state index contributed by atoms with van der Waals surface area (Å²) in [7, 11) is -1.36. The average molecular weight is 392 g/mol. The Hall–Kier alpha value is -2.48. The van der Waals surface area contributed by atoms with Crippen molar-refractivity contribution in [3.05, 3.63) is 41.5 Å². The van der Waals surface area contributed by atoms with Crippen LogP contribution in [0, 0.1) is 0 Å². The fourth-order valence-electron chi connectivity index (χ4n) is 2.77. The predicted molar refractivity (Wildman–Crippen MR) is 102 cm³/mol. The number of carbonyl (C=O) groups is 3. The summed E-state index contributed by atoms with van der Waals surface area (Å²) in [5, 5.41) is 4.73. The van der Waals surface area contributed by atoms with Gasteiger partial charge in [-0.1, -0.05) is 23.8 Å². The minimum atomic E-state index is -1.36. The Morgan fingerprint density at radius 2 is 1.96 bits per heavy atom. The Morgan fingerprint density at radius 3 is 2.67 bits per heavy atom. The number of carbonyl (C=O) groups excluding carboxylic acids is 3. The van der Waals surface area contributed by atoms with Crippen molar-refractivity contribution in [3.63, 3.8) is 0 Å². The second kappa shape index (κ2) is 10.6. The standard InChI is InChI=1S/C19H24N2O5S/c1-27(25)16-10-6-5-9-15(16)18(23)26-13-17(22)21-19(24)20-12-11-14-7-3-2-4-8-14/h5-7,9-10H,2-4,8,11-13H2,1H3,(H2,20,21,22,24)/t27-/m0/s1. The van der Waals surface area contributed by atoms with E-state index in [0.717, 1.165) is 19.3 Å². The van der Waals surface area contributed by atoms with Gasteiger partial charge in [-0.15, -0.1) is 0 Å². The van der Waals surface area contributed by atoms with Crippen molar-refractivity contribution >= 4 is 28.7 Å². The monoisotopic (exact) mass is 392 g/mol. The first kappa shape index (κ1) is 20.8. The summed E-state index contributed by atoms with van der Waals surface area (Å²) in [4.78, 5) is 35.9. The summed E-state index contributed by atoms with van der Waals surface area (Å²) in [5.74, 6) is -1.49. The second-order valence-electron chi connectivity index (χ2n) is 6.19. The van der Waals surface area contributed by atoms with E-state index in [1.54, 1.807) is 18.2 Å². The molecule has 0 saturated heterocycles. The van der Waals surface area contributed by atoms with Crippen LogP contribution in [0.3, 0.4) is 0 Å². The molecule has 1 aromatic rings. The largest absolute Gasteiger partial charge is 0.452 e. The van der Waals surface area contributed by atoms with Crippen LogP contribution in [-0.2, 0) is 20.3 Å². The van der Waals surface area contributed by atoms with Crippen molar-refractivity contribution in [1.82, 2.24) is 10.6 Å². The number of benzene rings is 1. The molecule has 1 atom stereocenters. The number of nitrogens with one attached hydrogen (secondary N) is 2. The smallest absolute Gasteiger partial charge is 0.339 e. The Labute approximate surface area is 161 Å². The fourth-order valence-corrected chi connectivity index (χ4v) is 3.50. The summed E-state index contributed by atoms with van der Waals surface area (Å²) in [6.45, 7) is -0.150. The highest BCUT2D eigenvalue weighted by molar-refractivity contribution is 7.84. The van der Waals surface area contributed by atoms with Gasteiger partial charge in [0, 0.05) is 12.8 Å². The van der Waals surface area contributed by atoms with Gasteiger partial charge in [-0.25, -0.2) is 9.59 Å². The van der Waals surface area contributed by atoms with Gasteiger partial charge in [-0.05, 0) is 44.2 Å². The Bertz CT molecular complexity index is 760. The number of ether oxygens (including phenoxy) is 1. The lowest BCUT2D eigenvalue weighted by Crippen LogP contribution is -2.41. The summed E-state index contributed by atoms with van der Waals surface area (Å²) in [6, 6.07) is 5.68. The number of amides is 3. The second-order valence-corrected chi connectivity index (χ2v) is 7.54. The number of rotatable bonds is 7. The summed E-state index contributed by atoms with van der Waals surface area (Å²) in [6.07, 6.45) is 8.95. The van der Waals surface area contributed by atoms with Crippen LogP contribution in [0.4, 0.5) is 4.79 Å². The van der Waals surface area contributed by atoms with Gasteiger partial charge in [0.1, 0.15) is 0 Å². The van der Waals surface area contributed by atoms with Crippen LogP contribution in [0.25, 0.3) is 0 Å². The number of urea groups is 1. The zero-order valence-electron chi connectivity index (χ0n) is 15.3. The van der Waals surface area contributed by atoms with Crippen molar-refractivity contribution < 1.29 is 23.3 Å². The molecule has 27 heavy (non-hydrogen) atoms. The minimum Gasteiger partial charge on any atom is -0.452 e. The third-order valence-electron chi connectivity index (χ3n) is 4.12. The fraction of sp³-hybridized carbons (Fsp3) is 0.421. The molecule has 1 aromatic carbocycles. The molecule has 2 rings (SSSR count). The van der Waals surface area contributed by atoms with E-state index in [0.29, 0.717) is 11.4 Å². The molecule has 0 aliphatic heterocycles. The number of hydrogen-bond acceptors (Lipinski definition) is 5. The van der Waals surface area contributed by atoms with Crippen molar-refractivity contribution in [2.75, 3.05) is 19.4 Å². The molecule has 0 aromatic heterocycles. The van der Waals surface area contributed by atoms with E-state index in [-0.39, 0.29) is 5.56 Å². The third kappa shape index (κ3) is 6.97. The average Bonchev–Trinajstić information content (AvgIpc) is 2.67. The lowest BCUT2D eigenvalue weighted by Gasteiger charge is -2.13. The van der Waals surface area contributed by atoms with E-state index in [1.165, 1.54) is 30.7 Å². The van der Waals surface area contributed by atoms with Gasteiger partial charge in [-0.3, -0.25) is 14.3 Å². The molecular weight excluding hydrogens is 368 g/mol. The molecule has 146 valence electrons. The number of allylic oxidation sites excluding steroid dienone is 1. The molecule has 0 saturated carbocycles. The van der Waals surface area contributed by atoms with Crippen LogP contribution in [0.5, 0.6) is 0 Å². The van der Waals surface area contributed by atoms with Crippen LogP contribution in [0.1, 0.15) is 42.5 Å². The van der Waals surface area contributed by atoms with Crippen molar-refractivity contribution in [2.45, 2.75) is 37.0 Å². The highest BCUT2D eigenvalue weighted by Gasteiger charge is 2.17. The van der Waals surface area contributed by atoms with Gasteiger partial charge in [-0.2, -0.15) is 0 Å². The van der Waals surface area contributed by atoms with Gasteiger partial charge < -0.3 is 10.1 Å². The third-order valence-corrected chi connectivity index (χ3v) is 5.10. The molecule has 1 aliphatic rings. The molecule has 3 amide bonds. The van der Waals surface area contributed by atoms with E-state index in [9.17, 15) is 18.6 Å². The minimum absolute atomic E-state index is 0.136. The Kier molecular flexibility index (Phi) is 8.19. The normalized spacial score (nSPS) is 14.6. The zero-order chi connectivity index (χ0) is 19.6. The van der Waals surface area contributed by atoms with Crippen molar-refractivity contribution in [2.24, 2.45) is 0 Å². The quantitative estimate of drug-likeness (QED) is 0.548. The Morgan fingerprint density at radius 1 is 1.19 bits per heavy atom. The topological polar surface area (TPSA) is 102 Å². The van der Waals surface area contributed by atoms with Crippen molar-refractivity contribution in [3.8, 4) is 0 Å². The maximum atomic E-state index is 12.1. The lowest BCUT2D eigenvalue weighted by molar-refractivity contribution is -0.123. The molecule has 0 spiro atoms. The van der Waals surface area contributed by atoms with Crippen LogP contribution < -0.4 is 10.6 Å². The van der Waals surface area contributed by atoms with Gasteiger partial charge in [0.2, 0.25) is 0 Å². The molecule has 0 bridgehead atoms. The van der Waals surface area contributed by atoms with Crippen LogP contribution in [0.2, 0.25) is 0 Å². The molecule has 2 N–H and O–H groups in total. The predicted octanol–water partition coefficient (Wildman–Crippen LogP) is 2.30. The van der Waals surface area contributed by atoms with E-state index in [1.807, 2.05) is 0 Å². The maximum absolute atomic E-state index is 12.1. The molecule has 0 radical (unpaired) electrons. The van der Waals surface area contributed by atoms with E-state index in [2.05, 4.69) is 16.7 Å². The molecule has 0 fully saturated rings. The first-order valence-corrected chi connectivity index (χ1v) is 10.4. The SMILES string of the molecule is C[S@](=O)c1ccccc1C(=O)OCC(=O)NC(=O)NCCC1=CCCCC1. The number of imide groups is 1. The molecule has 0 heterocycles. The molecule has 7 nitrogen and oxygen atoms in total. The molecule has 1 aliphatic carbocycles. The first-order chi connectivity index (χ1) is 13.0. The van der Waals surface area contributed by atoms with Crippen LogP contribution >= 0.6 is 0 Å². The van der Waals surface area contributed by atoms with E-state index < -0.39 is 35.3 Å². The number of esters is 1. The highest BCUT2D eigenvalue weighted by atomic mass is 32.2. The van der Waals surface area contributed by atoms with Gasteiger partial charge in [0.15, 0.2) is 6.61 Å². The molecule has 0 unspecified atom stereocenters. The van der Waals surface area contributed by atoms with E-state index in [4.69, 9.17) is 4.74 Å². The van der Waals surface area contributed by atoms with Gasteiger partial charge >= 0.3 is 12.0 Å². The first-order valence-electron chi connectivity index (χ1n) is 8.82. The summed E-state index contributed by atoms with van der Waals surface area (Å²) < 4.78 is 16.5. The zero-order valence-corrected chi connectivity index (χ0v) is 16.1. The lowest BCUT2D eigenvalue weighted by atomic mass is 9.97. The number of hydrogen-bond donors (Lipinski definition) is 2.